The molecule has 3 aromatic rings. The summed E-state index contributed by atoms with van der Waals surface area (Å²) in [6.45, 7) is 11.9. The zero-order valence-corrected chi connectivity index (χ0v) is 23.3. The number of benzene rings is 3. The van der Waals surface area contributed by atoms with Gasteiger partial charge in [-0.05, 0) is 61.1 Å². The SMILES string of the molecule is CC(C)(C)NC(=O)C(Cc1ccccc1)N(Cc1ccc(F)cc1)C(=O)COc1ccccc1C(C)(C)C. The van der Waals surface area contributed by atoms with Crippen LogP contribution in [0.1, 0.15) is 58.2 Å². The number of carbonyl (C=O) groups excluding carboxylic acids is 2. The Balaban J connectivity index is 1.95. The molecule has 0 saturated heterocycles. The van der Waals surface area contributed by atoms with Crippen molar-refractivity contribution in [1.29, 1.82) is 0 Å². The van der Waals surface area contributed by atoms with Crippen molar-refractivity contribution in [3.8, 4) is 5.75 Å². The monoisotopic (exact) mass is 518 g/mol. The van der Waals surface area contributed by atoms with Gasteiger partial charge in [-0.2, -0.15) is 0 Å². The Hall–Kier alpha value is -3.67. The summed E-state index contributed by atoms with van der Waals surface area (Å²) in [4.78, 5) is 28.9. The summed E-state index contributed by atoms with van der Waals surface area (Å²) in [7, 11) is 0. The lowest BCUT2D eigenvalue weighted by atomic mass is 9.86. The van der Waals surface area contributed by atoms with E-state index in [9.17, 15) is 14.0 Å². The average molecular weight is 519 g/mol. The highest BCUT2D eigenvalue weighted by Gasteiger charge is 2.32. The molecule has 0 spiro atoms. The minimum Gasteiger partial charge on any atom is -0.483 e. The number of halogens is 1. The topological polar surface area (TPSA) is 58.6 Å². The molecular weight excluding hydrogens is 479 g/mol. The lowest BCUT2D eigenvalue weighted by molar-refractivity contribution is -0.143. The fourth-order valence-electron chi connectivity index (χ4n) is 4.23. The van der Waals surface area contributed by atoms with Crippen LogP contribution in [0.4, 0.5) is 4.39 Å². The van der Waals surface area contributed by atoms with Crippen molar-refractivity contribution in [1.82, 2.24) is 10.2 Å². The molecule has 1 unspecified atom stereocenters. The number of hydrogen-bond donors (Lipinski definition) is 1. The second-order valence-corrected chi connectivity index (χ2v) is 11.6. The Morgan fingerprint density at radius 2 is 1.45 bits per heavy atom. The van der Waals surface area contributed by atoms with Gasteiger partial charge in [0, 0.05) is 18.5 Å². The second kappa shape index (κ2) is 12.2. The van der Waals surface area contributed by atoms with Crippen molar-refractivity contribution in [2.24, 2.45) is 0 Å². The molecule has 38 heavy (non-hydrogen) atoms. The summed E-state index contributed by atoms with van der Waals surface area (Å²) in [5.74, 6) is -0.316. The Bertz CT molecular complexity index is 1210. The predicted molar refractivity (Wildman–Crippen MR) is 149 cm³/mol. The van der Waals surface area contributed by atoms with E-state index in [0.29, 0.717) is 12.2 Å². The van der Waals surface area contributed by atoms with E-state index in [1.54, 1.807) is 17.0 Å². The van der Waals surface area contributed by atoms with Crippen molar-refractivity contribution in [2.45, 2.75) is 71.5 Å². The average Bonchev–Trinajstić information content (AvgIpc) is 2.85. The molecule has 0 aliphatic heterocycles. The minimum absolute atomic E-state index is 0.137. The number of amides is 2. The maximum atomic E-state index is 13.8. The fraction of sp³-hybridized carbons (Fsp3) is 0.375. The molecular formula is C32H39FN2O3. The molecule has 0 aromatic heterocycles. The van der Waals surface area contributed by atoms with Gasteiger partial charge in [0.1, 0.15) is 17.6 Å². The molecule has 0 radical (unpaired) electrons. The molecule has 0 aliphatic rings. The van der Waals surface area contributed by atoms with Crippen LogP contribution in [0.25, 0.3) is 0 Å². The van der Waals surface area contributed by atoms with Gasteiger partial charge in [0.2, 0.25) is 5.91 Å². The maximum Gasteiger partial charge on any atom is 0.261 e. The molecule has 0 saturated carbocycles. The van der Waals surface area contributed by atoms with Gasteiger partial charge < -0.3 is 15.0 Å². The number of nitrogens with one attached hydrogen (secondary N) is 1. The molecule has 1 N–H and O–H groups in total. The molecule has 3 rings (SSSR count). The third-order valence-corrected chi connectivity index (χ3v) is 6.08. The molecule has 6 heteroatoms. The molecule has 0 aliphatic carbocycles. The lowest BCUT2D eigenvalue weighted by Gasteiger charge is -2.34. The number of nitrogens with zero attached hydrogens (tertiary/aromatic N) is 1. The molecule has 3 aromatic carbocycles. The number of hydrogen-bond acceptors (Lipinski definition) is 3. The molecule has 1 atom stereocenters. The minimum atomic E-state index is -0.796. The van der Waals surface area contributed by atoms with Crippen LogP contribution in [0.5, 0.6) is 5.75 Å². The van der Waals surface area contributed by atoms with Gasteiger partial charge in [-0.3, -0.25) is 9.59 Å². The first-order chi connectivity index (χ1) is 17.8. The third-order valence-electron chi connectivity index (χ3n) is 6.08. The van der Waals surface area contributed by atoms with Crippen LogP contribution in [0.2, 0.25) is 0 Å². The maximum absolute atomic E-state index is 13.8. The number of para-hydroxylation sites is 1. The Morgan fingerprint density at radius 1 is 0.842 bits per heavy atom. The fourth-order valence-corrected chi connectivity index (χ4v) is 4.23. The van der Waals surface area contributed by atoms with Crippen molar-refractivity contribution in [2.75, 3.05) is 6.61 Å². The van der Waals surface area contributed by atoms with Crippen LogP contribution in [0.15, 0.2) is 78.9 Å². The zero-order chi connectivity index (χ0) is 27.9. The van der Waals surface area contributed by atoms with E-state index in [4.69, 9.17) is 4.74 Å². The van der Waals surface area contributed by atoms with Gasteiger partial charge in [0.25, 0.3) is 5.91 Å². The smallest absolute Gasteiger partial charge is 0.261 e. The predicted octanol–water partition coefficient (Wildman–Crippen LogP) is 6.06. The van der Waals surface area contributed by atoms with E-state index in [1.807, 2.05) is 75.4 Å². The largest absolute Gasteiger partial charge is 0.483 e. The van der Waals surface area contributed by atoms with Gasteiger partial charge in [-0.25, -0.2) is 4.39 Å². The van der Waals surface area contributed by atoms with E-state index in [0.717, 1.165) is 16.7 Å². The van der Waals surface area contributed by atoms with Gasteiger partial charge in [-0.15, -0.1) is 0 Å². The van der Waals surface area contributed by atoms with Crippen molar-refractivity contribution < 1.29 is 18.7 Å². The van der Waals surface area contributed by atoms with Gasteiger partial charge in [0.05, 0.1) is 0 Å². The van der Waals surface area contributed by atoms with Crippen LogP contribution in [-0.2, 0) is 28.0 Å². The summed E-state index contributed by atoms with van der Waals surface area (Å²) in [5.41, 5.74) is 1.98. The van der Waals surface area contributed by atoms with Crippen LogP contribution >= 0.6 is 0 Å². The summed E-state index contributed by atoms with van der Waals surface area (Å²) in [5, 5.41) is 3.04. The van der Waals surface area contributed by atoms with Gasteiger partial charge in [0.15, 0.2) is 6.61 Å². The third kappa shape index (κ3) is 8.44. The second-order valence-electron chi connectivity index (χ2n) is 11.6. The Morgan fingerprint density at radius 3 is 2.05 bits per heavy atom. The molecule has 0 heterocycles. The van der Waals surface area contributed by atoms with Gasteiger partial charge >= 0.3 is 0 Å². The highest BCUT2D eigenvalue weighted by Crippen LogP contribution is 2.31. The van der Waals surface area contributed by atoms with Crippen LogP contribution in [-0.4, -0.2) is 34.9 Å². The van der Waals surface area contributed by atoms with Crippen molar-refractivity contribution in [3.63, 3.8) is 0 Å². The van der Waals surface area contributed by atoms with E-state index in [1.165, 1.54) is 12.1 Å². The van der Waals surface area contributed by atoms with Crippen LogP contribution in [0, 0.1) is 5.82 Å². The molecule has 2 amide bonds. The Labute approximate surface area is 226 Å². The summed E-state index contributed by atoms with van der Waals surface area (Å²) in [6, 6.07) is 22.5. The first-order valence-corrected chi connectivity index (χ1v) is 13.0. The highest BCUT2D eigenvalue weighted by molar-refractivity contribution is 5.89. The summed E-state index contributed by atoms with van der Waals surface area (Å²) >= 11 is 0. The standard InChI is InChI=1S/C32H39FN2O3/c1-31(2,3)26-14-10-11-15-28(26)38-22-29(36)35(21-24-16-18-25(33)19-17-24)27(30(37)34-32(4,5)6)20-23-12-8-7-9-13-23/h7-19,27H,20-22H2,1-6H3,(H,34,37). The van der Waals surface area contributed by atoms with E-state index in [2.05, 4.69) is 26.1 Å². The highest BCUT2D eigenvalue weighted by atomic mass is 19.1. The molecule has 5 nitrogen and oxygen atoms in total. The van der Waals surface area contributed by atoms with Crippen LogP contribution in [0.3, 0.4) is 0 Å². The van der Waals surface area contributed by atoms with Gasteiger partial charge in [-0.1, -0.05) is 81.4 Å². The normalized spacial score (nSPS) is 12.5. The first-order valence-electron chi connectivity index (χ1n) is 13.0. The van der Waals surface area contributed by atoms with E-state index < -0.39 is 11.6 Å². The van der Waals surface area contributed by atoms with E-state index in [-0.39, 0.29) is 36.2 Å². The Kier molecular flexibility index (Phi) is 9.31. The molecule has 202 valence electrons. The number of rotatable bonds is 9. The van der Waals surface area contributed by atoms with Crippen molar-refractivity contribution >= 4 is 11.8 Å². The zero-order valence-electron chi connectivity index (χ0n) is 23.3. The number of ether oxygens (including phenoxy) is 1. The van der Waals surface area contributed by atoms with E-state index >= 15 is 0 Å². The first kappa shape index (κ1) is 28.9. The van der Waals surface area contributed by atoms with Crippen molar-refractivity contribution in [3.05, 3.63) is 101 Å². The molecule has 0 bridgehead atoms. The summed E-state index contributed by atoms with van der Waals surface area (Å²) in [6.07, 6.45) is 0.328. The number of carbonyl (C=O) groups is 2. The molecule has 0 fully saturated rings. The summed E-state index contributed by atoms with van der Waals surface area (Å²) < 4.78 is 19.7. The van der Waals surface area contributed by atoms with Crippen LogP contribution < -0.4 is 10.1 Å². The lowest BCUT2D eigenvalue weighted by Crippen LogP contribution is -2.55. The quantitative estimate of drug-likeness (QED) is 0.375.